The third-order valence-corrected chi connectivity index (χ3v) is 8.24. The molecule has 0 saturated carbocycles. The van der Waals surface area contributed by atoms with Gasteiger partial charge in [-0.1, -0.05) is 42.5 Å². The van der Waals surface area contributed by atoms with Gasteiger partial charge in [0.05, 0.1) is 6.42 Å². The lowest BCUT2D eigenvalue weighted by Gasteiger charge is -2.29. The zero-order chi connectivity index (χ0) is 26.6. The lowest BCUT2D eigenvalue weighted by molar-refractivity contribution is -0.117. The van der Waals surface area contributed by atoms with E-state index in [0.717, 1.165) is 70.5 Å². The number of carbonyl (C=O) groups is 2. The molecule has 39 heavy (non-hydrogen) atoms. The van der Waals surface area contributed by atoms with E-state index in [2.05, 4.69) is 27.3 Å². The van der Waals surface area contributed by atoms with Gasteiger partial charge in [-0.15, -0.1) is 0 Å². The summed E-state index contributed by atoms with van der Waals surface area (Å²) in [4.78, 5) is 35.2. The van der Waals surface area contributed by atoms with Crippen LogP contribution in [0.1, 0.15) is 21.6 Å². The van der Waals surface area contributed by atoms with Crippen molar-refractivity contribution in [3.63, 3.8) is 0 Å². The van der Waals surface area contributed by atoms with E-state index in [-0.39, 0.29) is 18.2 Å². The maximum atomic E-state index is 13.7. The van der Waals surface area contributed by atoms with Crippen molar-refractivity contribution >= 4 is 40.6 Å². The normalized spacial score (nSPS) is 14.7. The number of hydrogen-bond donors (Lipinski definition) is 1. The van der Waals surface area contributed by atoms with E-state index in [1.165, 1.54) is 0 Å². The summed E-state index contributed by atoms with van der Waals surface area (Å²) in [7, 11) is 0. The molecule has 1 saturated heterocycles. The molecule has 0 bridgehead atoms. The number of rotatable bonds is 6. The maximum Gasteiger partial charge on any atom is 0.256 e. The first-order valence-corrected chi connectivity index (χ1v) is 14.5. The van der Waals surface area contributed by atoms with Crippen LogP contribution in [0.25, 0.3) is 11.1 Å². The zero-order valence-electron chi connectivity index (χ0n) is 21.7. The van der Waals surface area contributed by atoms with Crippen molar-refractivity contribution in [2.45, 2.75) is 12.8 Å². The van der Waals surface area contributed by atoms with E-state index < -0.39 is 0 Å². The number of nitrogens with zero attached hydrogens (tertiary/aromatic N) is 3. The summed E-state index contributed by atoms with van der Waals surface area (Å²) in [6.45, 7) is 2.60. The van der Waals surface area contributed by atoms with Crippen LogP contribution in [0.2, 0.25) is 0 Å². The topological polar surface area (TPSA) is 65.5 Å². The molecule has 3 aromatic carbocycles. The SMILES string of the molecule is O=C(Nc1ccc2c(c1)CCN2C(=O)Cc1ccccn1)c1cc(N2CCSCC2)ccc1-c1ccccc1. The highest BCUT2D eigenvalue weighted by Gasteiger charge is 2.26. The Hall–Kier alpha value is -4.10. The van der Waals surface area contributed by atoms with E-state index in [9.17, 15) is 9.59 Å². The molecule has 2 amide bonds. The van der Waals surface area contributed by atoms with Crippen molar-refractivity contribution < 1.29 is 9.59 Å². The van der Waals surface area contributed by atoms with E-state index >= 15 is 0 Å². The number of hydrogen-bond acceptors (Lipinski definition) is 5. The first kappa shape index (κ1) is 25.2. The Bertz CT molecular complexity index is 1490. The molecule has 2 aliphatic rings. The Kier molecular flexibility index (Phi) is 7.32. The van der Waals surface area contributed by atoms with Crippen LogP contribution in [-0.4, -0.2) is 47.9 Å². The second-order valence-electron chi connectivity index (χ2n) is 9.79. The minimum atomic E-state index is -0.136. The summed E-state index contributed by atoms with van der Waals surface area (Å²) in [5, 5.41) is 3.14. The number of benzene rings is 3. The van der Waals surface area contributed by atoms with Gasteiger partial charge in [-0.2, -0.15) is 11.8 Å². The summed E-state index contributed by atoms with van der Waals surface area (Å²) in [6.07, 6.45) is 2.73. The number of anilines is 3. The minimum Gasteiger partial charge on any atom is -0.370 e. The van der Waals surface area contributed by atoms with E-state index in [0.29, 0.717) is 12.1 Å². The Morgan fingerprint density at radius 3 is 2.49 bits per heavy atom. The largest absolute Gasteiger partial charge is 0.370 e. The van der Waals surface area contributed by atoms with Gasteiger partial charge < -0.3 is 15.1 Å². The van der Waals surface area contributed by atoms with Gasteiger partial charge in [0.15, 0.2) is 0 Å². The van der Waals surface area contributed by atoms with Crippen LogP contribution in [0.4, 0.5) is 17.1 Å². The summed E-state index contributed by atoms with van der Waals surface area (Å²) in [6, 6.07) is 27.7. The second kappa shape index (κ2) is 11.3. The van der Waals surface area contributed by atoms with Gasteiger partial charge in [-0.25, -0.2) is 0 Å². The van der Waals surface area contributed by atoms with Crippen LogP contribution >= 0.6 is 11.8 Å². The second-order valence-corrected chi connectivity index (χ2v) is 11.0. The van der Waals surface area contributed by atoms with Crippen LogP contribution in [-0.2, 0) is 17.6 Å². The fourth-order valence-electron chi connectivity index (χ4n) is 5.30. The molecule has 7 heteroatoms. The molecule has 1 fully saturated rings. The van der Waals surface area contributed by atoms with Gasteiger partial charge in [-0.05, 0) is 65.6 Å². The number of fused-ring (bicyclic) bond motifs is 1. The average Bonchev–Trinajstić information content (AvgIpc) is 3.42. The highest BCUT2D eigenvalue weighted by Crippen LogP contribution is 2.33. The van der Waals surface area contributed by atoms with Crippen molar-refractivity contribution in [3.8, 4) is 11.1 Å². The van der Waals surface area contributed by atoms with Crippen molar-refractivity contribution in [1.29, 1.82) is 0 Å². The number of amides is 2. The first-order chi connectivity index (χ1) is 19.2. The molecule has 0 spiro atoms. The fraction of sp³-hybridized carbons (Fsp3) is 0.219. The predicted octanol–water partition coefficient (Wildman–Crippen LogP) is 5.69. The molecule has 6 rings (SSSR count). The summed E-state index contributed by atoms with van der Waals surface area (Å²) < 4.78 is 0. The zero-order valence-corrected chi connectivity index (χ0v) is 22.5. The van der Waals surface area contributed by atoms with E-state index in [4.69, 9.17) is 0 Å². The van der Waals surface area contributed by atoms with Crippen molar-refractivity contribution in [3.05, 3.63) is 108 Å². The molecule has 1 aromatic heterocycles. The van der Waals surface area contributed by atoms with Crippen molar-refractivity contribution in [2.24, 2.45) is 0 Å². The van der Waals surface area contributed by atoms with Gasteiger partial charge in [0.2, 0.25) is 5.91 Å². The van der Waals surface area contributed by atoms with Gasteiger partial charge in [0.25, 0.3) is 5.91 Å². The molecular formula is C32H30N4O2S. The first-order valence-electron chi connectivity index (χ1n) is 13.3. The van der Waals surface area contributed by atoms with Crippen molar-refractivity contribution in [2.75, 3.05) is 46.3 Å². The summed E-state index contributed by atoms with van der Waals surface area (Å²) >= 11 is 1.97. The summed E-state index contributed by atoms with van der Waals surface area (Å²) in [5.41, 5.74) is 7.13. The molecule has 0 unspecified atom stereocenters. The molecule has 0 atom stereocenters. The van der Waals surface area contributed by atoms with Gasteiger partial charge in [-0.3, -0.25) is 14.6 Å². The van der Waals surface area contributed by atoms with Gasteiger partial charge in [0.1, 0.15) is 0 Å². The molecule has 4 aromatic rings. The number of aromatic nitrogens is 1. The van der Waals surface area contributed by atoms with Crippen molar-refractivity contribution in [1.82, 2.24) is 4.98 Å². The number of thioether (sulfide) groups is 1. The van der Waals surface area contributed by atoms with E-state index in [1.54, 1.807) is 6.20 Å². The predicted molar refractivity (Wildman–Crippen MR) is 160 cm³/mol. The molecular weight excluding hydrogens is 504 g/mol. The minimum absolute atomic E-state index is 0.0321. The highest BCUT2D eigenvalue weighted by molar-refractivity contribution is 7.99. The van der Waals surface area contributed by atoms with E-state index in [1.807, 2.05) is 89.5 Å². The van der Waals surface area contributed by atoms with Crippen LogP contribution < -0.4 is 15.1 Å². The third-order valence-electron chi connectivity index (χ3n) is 7.30. The Morgan fingerprint density at radius 2 is 1.69 bits per heavy atom. The number of pyridine rings is 1. The van der Waals surface area contributed by atoms with Crippen LogP contribution in [0, 0.1) is 0 Å². The summed E-state index contributed by atoms with van der Waals surface area (Å²) in [5.74, 6) is 2.09. The van der Waals surface area contributed by atoms with Gasteiger partial charge in [0, 0.05) is 65.7 Å². The van der Waals surface area contributed by atoms with Crippen LogP contribution in [0.15, 0.2) is 91.1 Å². The number of carbonyl (C=O) groups excluding carboxylic acids is 2. The van der Waals surface area contributed by atoms with Gasteiger partial charge >= 0.3 is 0 Å². The molecule has 196 valence electrons. The monoisotopic (exact) mass is 534 g/mol. The fourth-order valence-corrected chi connectivity index (χ4v) is 6.20. The lowest BCUT2D eigenvalue weighted by Crippen LogP contribution is -2.32. The molecule has 1 N–H and O–H groups in total. The maximum absolute atomic E-state index is 13.7. The van der Waals surface area contributed by atoms with Crippen LogP contribution in [0.5, 0.6) is 0 Å². The Balaban J connectivity index is 1.24. The Labute approximate surface area is 233 Å². The molecule has 0 aliphatic carbocycles. The average molecular weight is 535 g/mol. The number of nitrogens with one attached hydrogen (secondary N) is 1. The Morgan fingerprint density at radius 1 is 0.872 bits per heavy atom. The molecule has 6 nitrogen and oxygen atoms in total. The third kappa shape index (κ3) is 5.54. The molecule has 2 aliphatic heterocycles. The quantitative estimate of drug-likeness (QED) is 0.345. The lowest BCUT2D eigenvalue weighted by atomic mass is 9.98. The molecule has 0 radical (unpaired) electrons. The smallest absolute Gasteiger partial charge is 0.256 e. The molecule has 3 heterocycles. The highest BCUT2D eigenvalue weighted by atomic mass is 32.2. The van der Waals surface area contributed by atoms with Crippen LogP contribution in [0.3, 0.4) is 0 Å². The standard InChI is InChI=1S/C32H30N4O2S/c37-31(21-25-8-4-5-14-33-25)36-15-13-24-20-26(9-12-30(24)36)34-32(38)29-22-27(35-16-18-39-19-17-35)10-11-28(29)23-6-2-1-3-7-23/h1-12,14,20,22H,13,15-19,21H2,(H,34,38).